The topological polar surface area (TPSA) is 127 Å². The van der Waals surface area contributed by atoms with Crippen LogP contribution in [-0.2, 0) is 9.53 Å². The van der Waals surface area contributed by atoms with Gasteiger partial charge in [0.15, 0.2) is 0 Å². The predicted octanol–water partition coefficient (Wildman–Crippen LogP) is 4.90. The van der Waals surface area contributed by atoms with Crippen LogP contribution in [0.15, 0.2) is 51.7 Å². The van der Waals surface area contributed by atoms with Crippen LogP contribution in [0.5, 0.6) is 11.5 Å². The fourth-order valence-corrected chi connectivity index (χ4v) is 3.87. The highest BCUT2D eigenvalue weighted by Crippen LogP contribution is 2.37. The van der Waals surface area contributed by atoms with Gasteiger partial charge in [0.2, 0.25) is 5.91 Å². The van der Waals surface area contributed by atoms with Gasteiger partial charge in [-0.3, -0.25) is 4.79 Å². The highest BCUT2D eigenvalue weighted by molar-refractivity contribution is 5.91. The number of carbonyl (C=O) groups is 2. The normalized spacial score (nSPS) is 12.1. The summed E-state index contributed by atoms with van der Waals surface area (Å²) in [5, 5.41) is 16.7. The van der Waals surface area contributed by atoms with Crippen LogP contribution in [0.2, 0.25) is 0 Å². The second-order valence-electron chi connectivity index (χ2n) is 9.33. The Bertz CT molecular complexity index is 1310. The Kier molecular flexibility index (Phi) is 8.24. The average Bonchev–Trinajstić information content (AvgIpc) is 2.80. The molecule has 0 radical (unpaired) electrons. The molecule has 0 saturated carbocycles. The maximum absolute atomic E-state index is 12.9. The van der Waals surface area contributed by atoms with E-state index in [0.29, 0.717) is 23.2 Å². The van der Waals surface area contributed by atoms with Crippen molar-refractivity contribution >= 4 is 28.7 Å². The number of alkyl carbamates (subject to hydrolysis) is 1. The minimum atomic E-state index is -0.636. The number of ether oxygens (including phenoxy) is 2. The van der Waals surface area contributed by atoms with E-state index in [4.69, 9.17) is 13.9 Å². The predicted molar refractivity (Wildman–Crippen MR) is 137 cm³/mol. The Balaban J connectivity index is 1.76. The number of carbonyl (C=O) groups excluding carboxylic acids is 2. The molecule has 192 valence electrons. The third kappa shape index (κ3) is 6.56. The molecule has 1 atom stereocenters. The van der Waals surface area contributed by atoms with Crippen molar-refractivity contribution in [3.05, 3.63) is 64.0 Å². The van der Waals surface area contributed by atoms with E-state index in [0.717, 1.165) is 5.56 Å². The number of hydrogen-bond acceptors (Lipinski definition) is 7. The van der Waals surface area contributed by atoms with Crippen LogP contribution in [-0.4, -0.2) is 36.4 Å². The Labute approximate surface area is 209 Å². The number of benzene rings is 2. The quantitative estimate of drug-likeness (QED) is 0.378. The van der Waals surface area contributed by atoms with Crippen LogP contribution in [0, 0.1) is 0 Å². The summed E-state index contributed by atoms with van der Waals surface area (Å²) in [6.45, 7) is 7.29. The van der Waals surface area contributed by atoms with Crippen LogP contribution in [0.3, 0.4) is 0 Å². The van der Waals surface area contributed by atoms with Crippen molar-refractivity contribution in [1.29, 1.82) is 0 Å². The standard InChI is InChI=1S/C27H32N2O7/c1-6-19(23-24(31)20-11-10-18(34-5)15-21(20)35-25(23)32)16-8-7-9-17(14-16)29-22(30)12-13-28-26(33)36-27(2,3)4/h7-11,14-15,19,31H,6,12-13H2,1-5H3,(H,28,33)(H,29,30). The monoisotopic (exact) mass is 496 g/mol. The van der Waals surface area contributed by atoms with Gasteiger partial charge in [0.1, 0.15) is 22.7 Å². The van der Waals surface area contributed by atoms with Gasteiger partial charge in [0.05, 0.1) is 18.1 Å². The maximum atomic E-state index is 12.9. The third-order valence-electron chi connectivity index (χ3n) is 5.47. The van der Waals surface area contributed by atoms with Crippen LogP contribution in [0.25, 0.3) is 11.0 Å². The van der Waals surface area contributed by atoms with E-state index < -0.39 is 23.2 Å². The molecule has 0 saturated heterocycles. The second kappa shape index (κ2) is 11.2. The van der Waals surface area contributed by atoms with Gasteiger partial charge < -0.3 is 29.6 Å². The Morgan fingerprint density at radius 3 is 2.56 bits per heavy atom. The van der Waals surface area contributed by atoms with Gasteiger partial charge in [-0.15, -0.1) is 0 Å². The van der Waals surface area contributed by atoms with E-state index in [1.54, 1.807) is 57.2 Å². The summed E-state index contributed by atoms with van der Waals surface area (Å²) < 4.78 is 15.8. The van der Waals surface area contributed by atoms with Gasteiger partial charge in [-0.2, -0.15) is 0 Å². The number of fused-ring (bicyclic) bond motifs is 1. The Hall–Kier alpha value is -4.01. The number of aromatic hydroxyl groups is 1. The van der Waals surface area contributed by atoms with E-state index in [1.807, 2.05) is 13.0 Å². The molecule has 3 rings (SSSR count). The van der Waals surface area contributed by atoms with Gasteiger partial charge >= 0.3 is 11.7 Å². The molecule has 3 aromatic rings. The molecule has 1 unspecified atom stereocenters. The molecular weight excluding hydrogens is 464 g/mol. The van der Waals surface area contributed by atoms with Gasteiger partial charge in [-0.1, -0.05) is 19.1 Å². The number of amides is 2. The van der Waals surface area contributed by atoms with Crippen LogP contribution in [0.4, 0.5) is 10.5 Å². The molecule has 0 bridgehead atoms. The first kappa shape index (κ1) is 26.6. The third-order valence-corrected chi connectivity index (χ3v) is 5.47. The highest BCUT2D eigenvalue weighted by Gasteiger charge is 2.24. The zero-order chi connectivity index (χ0) is 26.5. The summed E-state index contributed by atoms with van der Waals surface area (Å²) in [6, 6.07) is 11.9. The van der Waals surface area contributed by atoms with Crippen LogP contribution >= 0.6 is 0 Å². The molecule has 0 aliphatic carbocycles. The molecule has 2 aromatic carbocycles. The first-order valence-corrected chi connectivity index (χ1v) is 11.7. The average molecular weight is 497 g/mol. The summed E-state index contributed by atoms with van der Waals surface area (Å²) in [4.78, 5) is 37.0. The summed E-state index contributed by atoms with van der Waals surface area (Å²) in [5.74, 6) is -0.385. The van der Waals surface area contributed by atoms with Gasteiger partial charge in [0.25, 0.3) is 0 Å². The molecule has 36 heavy (non-hydrogen) atoms. The van der Waals surface area contributed by atoms with E-state index in [2.05, 4.69) is 10.6 Å². The van der Waals surface area contributed by atoms with E-state index in [-0.39, 0.29) is 35.8 Å². The molecular formula is C27H32N2O7. The lowest BCUT2D eigenvalue weighted by Crippen LogP contribution is -2.34. The molecule has 9 heteroatoms. The zero-order valence-electron chi connectivity index (χ0n) is 21.1. The summed E-state index contributed by atoms with van der Waals surface area (Å²) in [7, 11) is 1.50. The minimum Gasteiger partial charge on any atom is -0.507 e. The van der Waals surface area contributed by atoms with Gasteiger partial charge in [-0.25, -0.2) is 9.59 Å². The molecule has 1 aromatic heterocycles. The number of nitrogens with one attached hydrogen (secondary N) is 2. The van der Waals surface area contributed by atoms with Crippen LogP contribution < -0.4 is 21.0 Å². The SMILES string of the molecule is CCC(c1cccc(NC(=O)CCNC(=O)OC(C)(C)C)c1)c1c(O)c2ccc(OC)cc2oc1=O. The molecule has 0 aliphatic heterocycles. The van der Waals surface area contributed by atoms with E-state index in [1.165, 1.54) is 7.11 Å². The largest absolute Gasteiger partial charge is 0.507 e. The van der Waals surface area contributed by atoms with Crippen molar-refractivity contribution < 1.29 is 28.6 Å². The lowest BCUT2D eigenvalue weighted by atomic mass is 9.88. The molecule has 0 aliphatic rings. The molecule has 0 fully saturated rings. The first-order valence-electron chi connectivity index (χ1n) is 11.7. The van der Waals surface area contributed by atoms with Crippen molar-refractivity contribution in [2.75, 3.05) is 19.0 Å². The zero-order valence-corrected chi connectivity index (χ0v) is 21.1. The lowest BCUT2D eigenvalue weighted by molar-refractivity contribution is -0.116. The van der Waals surface area contributed by atoms with Crippen LogP contribution in [0.1, 0.15) is 57.6 Å². The van der Waals surface area contributed by atoms with E-state index in [9.17, 15) is 19.5 Å². The first-order chi connectivity index (χ1) is 17.0. The second-order valence-corrected chi connectivity index (χ2v) is 9.33. The van der Waals surface area contributed by atoms with Crippen molar-refractivity contribution in [3.63, 3.8) is 0 Å². The lowest BCUT2D eigenvalue weighted by Gasteiger charge is -2.19. The summed E-state index contributed by atoms with van der Waals surface area (Å²) in [5.41, 5.74) is 0.395. The minimum absolute atomic E-state index is 0.0548. The smallest absolute Gasteiger partial charge is 0.407 e. The molecule has 1 heterocycles. The van der Waals surface area contributed by atoms with E-state index >= 15 is 0 Å². The molecule has 3 N–H and O–H groups in total. The fraction of sp³-hybridized carbons (Fsp3) is 0.370. The summed E-state index contributed by atoms with van der Waals surface area (Å²) in [6.07, 6.45) is -0.0216. The molecule has 2 amide bonds. The number of methoxy groups -OCH3 is 1. The fourth-order valence-electron chi connectivity index (χ4n) is 3.87. The maximum Gasteiger partial charge on any atom is 0.407 e. The van der Waals surface area contributed by atoms with Gasteiger partial charge in [-0.05, 0) is 57.0 Å². The summed E-state index contributed by atoms with van der Waals surface area (Å²) >= 11 is 0. The van der Waals surface area contributed by atoms with Gasteiger partial charge in [0, 0.05) is 30.6 Å². The van der Waals surface area contributed by atoms with Crippen molar-refractivity contribution in [3.8, 4) is 11.5 Å². The molecule has 0 spiro atoms. The highest BCUT2D eigenvalue weighted by atomic mass is 16.6. The van der Waals surface area contributed by atoms with Crippen molar-refractivity contribution in [2.24, 2.45) is 0 Å². The van der Waals surface area contributed by atoms with Crippen molar-refractivity contribution in [1.82, 2.24) is 5.32 Å². The number of rotatable bonds is 8. The Morgan fingerprint density at radius 2 is 1.89 bits per heavy atom. The Morgan fingerprint density at radius 1 is 1.14 bits per heavy atom. The van der Waals surface area contributed by atoms with Crippen molar-refractivity contribution in [2.45, 2.75) is 52.1 Å². The number of hydrogen-bond donors (Lipinski definition) is 3. The number of anilines is 1. The molecule has 9 nitrogen and oxygen atoms in total.